The van der Waals surface area contributed by atoms with Gasteiger partial charge in [0.1, 0.15) is 48.2 Å². The average molecular weight is 936 g/mol. The van der Waals surface area contributed by atoms with E-state index in [1.54, 1.807) is 42.1 Å². The van der Waals surface area contributed by atoms with Gasteiger partial charge in [0.15, 0.2) is 16.1 Å². The molecular formula is C42H57N5O17S. The van der Waals surface area contributed by atoms with Crippen molar-refractivity contribution >= 4 is 27.4 Å². The molecule has 1 aromatic heterocycles. The number of carbonyl (C=O) groups excluding carboxylic acids is 2. The maximum Gasteiger partial charge on any atom is 0.330 e. The minimum atomic E-state index is -3.80. The number of hydrogen-bond donors (Lipinski definition) is 4. The van der Waals surface area contributed by atoms with Crippen LogP contribution in [0.3, 0.4) is 0 Å². The van der Waals surface area contributed by atoms with E-state index in [0.29, 0.717) is 75.9 Å². The van der Waals surface area contributed by atoms with Crippen molar-refractivity contribution in [2.24, 2.45) is 0 Å². The number of aliphatic hydroxyl groups is 4. The van der Waals surface area contributed by atoms with E-state index < -0.39 is 86.0 Å². The number of sulfone groups is 1. The van der Waals surface area contributed by atoms with Crippen LogP contribution in [0, 0.1) is 10.1 Å². The van der Waals surface area contributed by atoms with E-state index in [-0.39, 0.29) is 31.9 Å². The van der Waals surface area contributed by atoms with Gasteiger partial charge in [0.2, 0.25) is 5.91 Å². The van der Waals surface area contributed by atoms with Crippen LogP contribution in [0.4, 0.5) is 5.69 Å². The molecular weight excluding hydrogens is 879 g/mol. The lowest BCUT2D eigenvalue weighted by atomic mass is 9.94. The summed E-state index contributed by atoms with van der Waals surface area (Å²) in [6.45, 7) is 6.73. The lowest BCUT2D eigenvalue weighted by molar-refractivity contribution is -0.385. The van der Waals surface area contributed by atoms with Crippen LogP contribution >= 0.6 is 0 Å². The van der Waals surface area contributed by atoms with Crippen LogP contribution in [0.15, 0.2) is 48.7 Å². The standard InChI is InChI=1S/C42H57N5O17S/c1-26(25-63-40(53)39-42(2,3)65(56,57)35-22-34(49)46(35)39)31-21-28(8-11-32(31)47(54)55)27-6-9-30(10-7-27)61-20-19-60-18-17-59-16-15-58-14-12-45-29(23-43-44-45)5-4-13-62-41-38(52)37(51)36(50)33(24-48)64-41/h6-11,21,23,26,33,35-39,41,48,50-52H,4-5,12-20,22,24-25H2,1-3H3/t26?,33-,35?,36+,37+,38-,39?,41-/m1/s1. The number of fused-ring (bicyclic) bond motifs is 1. The largest absolute Gasteiger partial charge is 0.491 e. The number of aryl methyl sites for hydroxylation is 1. The predicted octanol–water partition coefficient (Wildman–Crippen LogP) is 0.512. The fraction of sp³-hybridized carbons (Fsp3) is 0.619. The minimum absolute atomic E-state index is 0.162. The van der Waals surface area contributed by atoms with Crippen molar-refractivity contribution in [1.29, 1.82) is 0 Å². The van der Waals surface area contributed by atoms with Gasteiger partial charge in [-0.25, -0.2) is 17.9 Å². The Morgan fingerprint density at radius 1 is 0.954 bits per heavy atom. The molecule has 3 aliphatic rings. The van der Waals surface area contributed by atoms with E-state index in [9.17, 15) is 48.5 Å². The molecule has 0 bridgehead atoms. The van der Waals surface area contributed by atoms with Gasteiger partial charge >= 0.3 is 5.97 Å². The number of carbonyl (C=O) groups is 2. The van der Waals surface area contributed by atoms with Crippen molar-refractivity contribution < 1.29 is 76.5 Å². The molecule has 8 atom stereocenters. The van der Waals surface area contributed by atoms with Gasteiger partial charge < -0.3 is 58.5 Å². The topological polar surface area (TPSA) is 291 Å². The molecule has 0 radical (unpaired) electrons. The zero-order valence-corrected chi connectivity index (χ0v) is 37.2. The third kappa shape index (κ3) is 11.5. The van der Waals surface area contributed by atoms with Crippen molar-refractivity contribution in [3.63, 3.8) is 0 Å². The average Bonchev–Trinajstić information content (AvgIpc) is 3.78. The van der Waals surface area contributed by atoms with Gasteiger partial charge in [-0.3, -0.25) is 14.9 Å². The molecule has 6 rings (SSSR count). The summed E-state index contributed by atoms with van der Waals surface area (Å²) in [6.07, 6.45) is -4.05. The molecule has 3 aliphatic heterocycles. The number of esters is 1. The van der Waals surface area contributed by atoms with Gasteiger partial charge in [-0.2, -0.15) is 0 Å². The van der Waals surface area contributed by atoms with Crippen LogP contribution in [0.25, 0.3) is 11.1 Å². The number of nitrogens with zero attached hydrogens (tertiary/aromatic N) is 5. The Bertz CT molecular complexity index is 2190. The quantitative estimate of drug-likeness (QED) is 0.0296. The molecule has 358 valence electrons. The number of nitro groups is 1. The highest BCUT2D eigenvalue weighted by Crippen LogP contribution is 2.46. The van der Waals surface area contributed by atoms with Crippen LogP contribution in [0.5, 0.6) is 5.75 Å². The van der Waals surface area contributed by atoms with Crippen LogP contribution in [-0.2, 0) is 60.8 Å². The molecule has 0 aliphatic carbocycles. The van der Waals surface area contributed by atoms with Gasteiger partial charge in [-0.1, -0.05) is 24.3 Å². The third-order valence-electron chi connectivity index (χ3n) is 11.7. The molecule has 1 amide bonds. The fourth-order valence-electron chi connectivity index (χ4n) is 7.85. The summed E-state index contributed by atoms with van der Waals surface area (Å²) in [7, 11) is -3.80. The lowest BCUT2D eigenvalue weighted by Gasteiger charge is -2.39. The van der Waals surface area contributed by atoms with Gasteiger partial charge in [0.05, 0.1) is 94.0 Å². The van der Waals surface area contributed by atoms with Gasteiger partial charge in [-0.15, -0.1) is 5.10 Å². The highest BCUT2D eigenvalue weighted by atomic mass is 32.2. The predicted molar refractivity (Wildman–Crippen MR) is 226 cm³/mol. The van der Waals surface area contributed by atoms with Crippen LogP contribution in [0.2, 0.25) is 0 Å². The van der Waals surface area contributed by atoms with E-state index in [1.807, 2.05) is 12.1 Å². The van der Waals surface area contributed by atoms with Gasteiger partial charge in [0.25, 0.3) is 5.69 Å². The van der Waals surface area contributed by atoms with E-state index in [2.05, 4.69) is 10.3 Å². The number of hydrogen-bond acceptors (Lipinski definition) is 19. The number of rotatable bonds is 25. The van der Waals surface area contributed by atoms with Crippen LogP contribution in [0.1, 0.15) is 50.8 Å². The summed E-state index contributed by atoms with van der Waals surface area (Å²) in [4.78, 5) is 37.9. The molecule has 23 heteroatoms. The van der Waals surface area contributed by atoms with E-state index in [4.69, 9.17) is 33.2 Å². The number of aliphatic hydroxyl groups excluding tert-OH is 4. The maximum atomic E-state index is 13.2. The summed E-state index contributed by atoms with van der Waals surface area (Å²) in [5.74, 6) is -1.36. The van der Waals surface area contributed by atoms with Crippen molar-refractivity contribution in [3.05, 3.63) is 70.0 Å². The van der Waals surface area contributed by atoms with E-state index in [1.165, 1.54) is 19.9 Å². The Kier molecular flexibility index (Phi) is 17.0. The highest BCUT2D eigenvalue weighted by Gasteiger charge is 2.68. The van der Waals surface area contributed by atoms with Crippen molar-refractivity contribution in [2.75, 3.05) is 66.1 Å². The summed E-state index contributed by atoms with van der Waals surface area (Å²) >= 11 is 0. The van der Waals surface area contributed by atoms with E-state index >= 15 is 0 Å². The molecule has 3 fully saturated rings. The number of amides is 1. The molecule has 2 aromatic carbocycles. The van der Waals surface area contributed by atoms with Crippen molar-refractivity contribution in [2.45, 2.75) is 99.4 Å². The third-order valence-corrected chi connectivity index (χ3v) is 14.5. The Morgan fingerprint density at radius 2 is 1.62 bits per heavy atom. The Morgan fingerprint density at radius 3 is 2.28 bits per heavy atom. The number of β-lactam (4-membered cyclic amide) rings is 1. The molecule has 4 N–H and O–H groups in total. The highest BCUT2D eigenvalue weighted by molar-refractivity contribution is 7.93. The molecule has 22 nitrogen and oxygen atoms in total. The summed E-state index contributed by atoms with van der Waals surface area (Å²) in [5, 5.41) is 58.2. The van der Waals surface area contributed by atoms with E-state index in [0.717, 1.165) is 16.2 Å². The maximum absolute atomic E-state index is 13.2. The Hall–Kier alpha value is -4.69. The molecule has 4 heterocycles. The summed E-state index contributed by atoms with van der Waals surface area (Å²) in [5.41, 5.74) is 2.45. The molecule has 3 unspecified atom stereocenters. The first kappa shape index (κ1) is 49.7. The fourth-order valence-corrected chi connectivity index (χ4v) is 9.98. The molecule has 3 saturated heterocycles. The zero-order valence-electron chi connectivity index (χ0n) is 36.4. The molecule has 0 spiro atoms. The second-order valence-electron chi connectivity index (χ2n) is 16.4. The minimum Gasteiger partial charge on any atom is -0.491 e. The Balaban J connectivity index is 0.830. The normalized spacial score (nSPS) is 24.9. The SMILES string of the molecule is CC(COC(=O)C1N2C(=O)CC2S(=O)(=O)C1(C)C)c1cc(-c2ccc(OCCOCCOCCOCCn3nncc3CCCO[C@@H]3O[C@H](CO)[C@H](O)[C@H](O)[C@H]3O)cc2)ccc1[N+](=O)[O-]. The number of ether oxygens (including phenoxy) is 7. The lowest BCUT2D eigenvalue weighted by Crippen LogP contribution is -2.59. The number of aromatic nitrogens is 3. The molecule has 65 heavy (non-hydrogen) atoms. The first-order valence-corrected chi connectivity index (χ1v) is 22.9. The summed E-state index contributed by atoms with van der Waals surface area (Å²) < 4.78 is 65.1. The molecule has 3 aromatic rings. The smallest absolute Gasteiger partial charge is 0.330 e. The van der Waals surface area contributed by atoms with Crippen LogP contribution in [-0.4, -0.2) is 178 Å². The summed E-state index contributed by atoms with van der Waals surface area (Å²) in [6, 6.07) is 10.5. The number of benzene rings is 2. The second kappa shape index (κ2) is 22.2. The zero-order chi connectivity index (χ0) is 46.9. The van der Waals surface area contributed by atoms with Gasteiger partial charge in [0, 0.05) is 17.5 Å². The van der Waals surface area contributed by atoms with Crippen LogP contribution < -0.4 is 4.74 Å². The monoisotopic (exact) mass is 935 g/mol. The Labute approximate surface area is 375 Å². The second-order valence-corrected chi connectivity index (χ2v) is 19.1. The number of nitro benzene ring substituents is 1. The van der Waals surface area contributed by atoms with Crippen molar-refractivity contribution in [3.8, 4) is 16.9 Å². The van der Waals surface area contributed by atoms with Gasteiger partial charge in [-0.05, 0) is 62.1 Å². The van der Waals surface area contributed by atoms with Crippen molar-refractivity contribution in [1.82, 2.24) is 19.9 Å². The first-order chi connectivity index (χ1) is 31.1. The first-order valence-electron chi connectivity index (χ1n) is 21.3. The molecule has 0 saturated carbocycles.